The Bertz CT molecular complexity index is 1570. The molecule has 6 nitrogen and oxygen atoms in total. The van der Waals surface area contributed by atoms with Crippen LogP contribution in [0.3, 0.4) is 0 Å². The number of nitrogens with zero attached hydrogens (tertiary/aromatic N) is 3. The zero-order chi connectivity index (χ0) is 29.9. The second-order valence-corrected chi connectivity index (χ2v) is 12.2. The Kier molecular flexibility index (Phi) is 8.61. The van der Waals surface area contributed by atoms with Crippen LogP contribution in [0.25, 0.3) is 0 Å². The number of hydrogen-bond donors (Lipinski definition) is 1. The van der Waals surface area contributed by atoms with Gasteiger partial charge in [-0.25, -0.2) is 4.79 Å². The van der Waals surface area contributed by atoms with Crippen molar-refractivity contribution in [2.75, 3.05) is 20.2 Å². The Morgan fingerprint density at radius 2 is 1.53 bits per heavy atom. The van der Waals surface area contributed by atoms with Gasteiger partial charge in [0.2, 0.25) is 0 Å². The van der Waals surface area contributed by atoms with E-state index in [1.54, 1.807) is 19.2 Å². The van der Waals surface area contributed by atoms with Crippen molar-refractivity contribution in [1.29, 1.82) is 0 Å². The van der Waals surface area contributed by atoms with Crippen LogP contribution in [0.2, 0.25) is 0 Å². The number of hydrogen-bond acceptors (Lipinski definition) is 5. The molecule has 4 aromatic rings. The molecule has 0 aliphatic carbocycles. The van der Waals surface area contributed by atoms with E-state index in [9.17, 15) is 9.90 Å². The van der Waals surface area contributed by atoms with Crippen LogP contribution in [0, 0.1) is 0 Å². The van der Waals surface area contributed by atoms with Crippen molar-refractivity contribution < 1.29 is 14.6 Å². The van der Waals surface area contributed by atoms with Gasteiger partial charge in [-0.3, -0.25) is 14.7 Å². The van der Waals surface area contributed by atoms with Crippen LogP contribution in [0.5, 0.6) is 5.75 Å². The molecule has 1 N–H and O–H groups in total. The average molecular weight is 576 g/mol. The quantitative estimate of drug-likeness (QED) is 0.243. The van der Waals surface area contributed by atoms with Gasteiger partial charge < -0.3 is 9.84 Å². The molecule has 3 atom stereocenters. The number of carbonyl (C=O) groups is 1. The summed E-state index contributed by atoms with van der Waals surface area (Å²) in [5, 5.41) is 9.42. The minimum atomic E-state index is -0.885. The van der Waals surface area contributed by atoms with E-state index in [0.29, 0.717) is 17.6 Å². The third-order valence-electron chi connectivity index (χ3n) is 9.05. The zero-order valence-corrected chi connectivity index (χ0v) is 25.3. The summed E-state index contributed by atoms with van der Waals surface area (Å²) in [4.78, 5) is 19.1. The van der Waals surface area contributed by atoms with E-state index in [0.717, 1.165) is 50.6 Å². The lowest BCUT2D eigenvalue weighted by atomic mass is 9.91. The van der Waals surface area contributed by atoms with E-state index < -0.39 is 5.97 Å². The molecule has 6 heteroatoms. The lowest BCUT2D eigenvalue weighted by Gasteiger charge is -2.48. The summed E-state index contributed by atoms with van der Waals surface area (Å²) in [5.41, 5.74) is 7.97. The largest absolute Gasteiger partial charge is 0.497 e. The first kappa shape index (κ1) is 29.1. The van der Waals surface area contributed by atoms with Gasteiger partial charge in [0.1, 0.15) is 5.75 Å². The molecule has 222 valence electrons. The third-order valence-corrected chi connectivity index (χ3v) is 9.05. The summed E-state index contributed by atoms with van der Waals surface area (Å²) in [6.07, 6.45) is 0. The number of carboxylic acid groups (broad SMARTS) is 1. The predicted molar refractivity (Wildman–Crippen MR) is 170 cm³/mol. The van der Waals surface area contributed by atoms with Crippen LogP contribution in [0.4, 0.5) is 0 Å². The van der Waals surface area contributed by atoms with Gasteiger partial charge >= 0.3 is 5.97 Å². The van der Waals surface area contributed by atoms with E-state index in [1.165, 1.54) is 27.8 Å². The van der Waals surface area contributed by atoms with Crippen LogP contribution in [-0.4, -0.2) is 58.1 Å². The predicted octanol–water partition coefficient (Wildman–Crippen LogP) is 6.59. The molecular formula is C37H41N3O3. The maximum absolute atomic E-state index is 11.5. The maximum Gasteiger partial charge on any atom is 0.335 e. The smallest absolute Gasteiger partial charge is 0.335 e. The van der Waals surface area contributed by atoms with Crippen LogP contribution < -0.4 is 4.74 Å². The summed E-state index contributed by atoms with van der Waals surface area (Å²) >= 11 is 0. The Morgan fingerprint density at radius 1 is 0.791 bits per heavy atom. The molecule has 2 aliphatic heterocycles. The van der Waals surface area contributed by atoms with Gasteiger partial charge in [-0.2, -0.15) is 0 Å². The van der Waals surface area contributed by atoms with E-state index in [1.807, 2.05) is 18.2 Å². The summed E-state index contributed by atoms with van der Waals surface area (Å²) in [6.45, 7) is 10.1. The lowest BCUT2D eigenvalue weighted by Crippen LogP contribution is -2.56. The van der Waals surface area contributed by atoms with E-state index >= 15 is 0 Å². The maximum atomic E-state index is 11.5. The van der Waals surface area contributed by atoms with E-state index in [4.69, 9.17) is 4.74 Å². The van der Waals surface area contributed by atoms with Crippen molar-refractivity contribution in [2.45, 2.75) is 58.2 Å². The van der Waals surface area contributed by atoms with Gasteiger partial charge in [0.15, 0.2) is 0 Å². The fraction of sp³-hybridized carbons (Fsp3) is 0.324. The molecule has 0 saturated carbocycles. The Morgan fingerprint density at radius 3 is 2.33 bits per heavy atom. The highest BCUT2D eigenvalue weighted by molar-refractivity contribution is 5.87. The fourth-order valence-corrected chi connectivity index (χ4v) is 6.84. The molecule has 1 unspecified atom stereocenters. The van der Waals surface area contributed by atoms with Gasteiger partial charge in [-0.05, 0) is 71.5 Å². The van der Waals surface area contributed by atoms with Crippen LogP contribution >= 0.6 is 0 Å². The highest BCUT2D eigenvalue weighted by Gasteiger charge is 2.35. The van der Waals surface area contributed by atoms with Crippen molar-refractivity contribution in [3.05, 3.63) is 136 Å². The van der Waals surface area contributed by atoms with Crippen molar-refractivity contribution in [1.82, 2.24) is 14.7 Å². The molecule has 0 amide bonds. The summed E-state index contributed by atoms with van der Waals surface area (Å²) in [5.74, 6) is -0.00827. The normalized spacial score (nSPS) is 20.1. The first-order valence-electron chi connectivity index (χ1n) is 15.2. The zero-order valence-electron chi connectivity index (χ0n) is 25.3. The molecule has 1 saturated heterocycles. The van der Waals surface area contributed by atoms with Gasteiger partial charge in [0.05, 0.1) is 18.7 Å². The Hall–Kier alpha value is -3.97. The molecule has 0 aromatic heterocycles. The van der Waals surface area contributed by atoms with Crippen molar-refractivity contribution in [3.8, 4) is 5.75 Å². The molecule has 2 heterocycles. The van der Waals surface area contributed by atoms with Gasteiger partial charge in [0.25, 0.3) is 0 Å². The van der Waals surface area contributed by atoms with Crippen LogP contribution in [-0.2, 0) is 26.2 Å². The number of ether oxygens (including phenoxy) is 1. The molecule has 2 aliphatic rings. The highest BCUT2D eigenvalue weighted by Crippen LogP contribution is 2.37. The molecule has 0 spiro atoms. The number of benzene rings is 4. The molecule has 4 aromatic carbocycles. The highest BCUT2D eigenvalue weighted by atomic mass is 16.5. The minimum absolute atomic E-state index is 0.109. The van der Waals surface area contributed by atoms with Gasteiger partial charge in [0, 0.05) is 51.4 Å². The summed E-state index contributed by atoms with van der Waals surface area (Å²) < 4.78 is 5.66. The number of piperazine rings is 1. The van der Waals surface area contributed by atoms with Gasteiger partial charge in [-0.15, -0.1) is 0 Å². The van der Waals surface area contributed by atoms with Crippen LogP contribution in [0.15, 0.2) is 97.1 Å². The third kappa shape index (κ3) is 6.52. The molecule has 0 radical (unpaired) electrons. The topological polar surface area (TPSA) is 56.2 Å². The summed E-state index contributed by atoms with van der Waals surface area (Å²) in [7, 11) is 1.73. The second kappa shape index (κ2) is 12.7. The minimum Gasteiger partial charge on any atom is -0.497 e. The number of fused-ring (bicyclic) bond motifs is 1. The van der Waals surface area contributed by atoms with Crippen molar-refractivity contribution >= 4 is 5.97 Å². The second-order valence-electron chi connectivity index (χ2n) is 12.2. The summed E-state index contributed by atoms with van der Waals surface area (Å²) in [6, 6.07) is 34.5. The molecule has 0 bridgehead atoms. The SMILES string of the molecule is COc1cccc(C(c2ccc3c(c2)CN(Cc2cccc(C(=O)O)c2)C3)N2C[C@@H](C)N(Cc3ccccc3)C[C@H]2C)c1. The standard InChI is InChI=1S/C37H41N3O3/c1-26-21-40(27(2)20-39(26)23-28-9-5-4-6-10-28)36(30-12-8-14-35(19-30)43-3)31-15-16-33-24-38(25-34(33)18-31)22-29-11-7-13-32(17-29)37(41)42/h4-19,26-27,36H,20-25H2,1-3H3,(H,41,42)/t26-,27-,36?/m1/s1. The molecular weight excluding hydrogens is 534 g/mol. The molecule has 1 fully saturated rings. The Labute approximate surface area is 255 Å². The number of rotatable bonds is 9. The first-order chi connectivity index (χ1) is 20.9. The first-order valence-corrected chi connectivity index (χ1v) is 15.2. The van der Waals surface area contributed by atoms with Crippen molar-refractivity contribution in [2.24, 2.45) is 0 Å². The van der Waals surface area contributed by atoms with E-state index in [-0.39, 0.29) is 6.04 Å². The average Bonchev–Trinajstić information content (AvgIpc) is 3.42. The fourth-order valence-electron chi connectivity index (χ4n) is 6.84. The molecule has 6 rings (SSSR count). The monoisotopic (exact) mass is 575 g/mol. The van der Waals surface area contributed by atoms with Gasteiger partial charge in [-0.1, -0.05) is 72.8 Å². The number of methoxy groups -OCH3 is 1. The number of aromatic carboxylic acids is 1. The van der Waals surface area contributed by atoms with Crippen LogP contribution in [0.1, 0.15) is 63.6 Å². The van der Waals surface area contributed by atoms with E-state index in [2.05, 4.69) is 95.3 Å². The molecule has 43 heavy (non-hydrogen) atoms. The lowest BCUT2D eigenvalue weighted by molar-refractivity contribution is 0.0195. The van der Waals surface area contributed by atoms with Crippen molar-refractivity contribution in [3.63, 3.8) is 0 Å². The number of carboxylic acids is 1. The Balaban J connectivity index is 1.26.